The fourth-order valence-corrected chi connectivity index (χ4v) is 2.87. The molecule has 0 aromatic carbocycles. The van der Waals surface area contributed by atoms with Crippen LogP contribution in [-0.2, 0) is 9.53 Å². The molecular weight excluding hydrogens is 228 g/mol. The average molecular weight is 254 g/mol. The van der Waals surface area contributed by atoms with Gasteiger partial charge in [0.2, 0.25) is 5.91 Å². The molecule has 1 N–H and O–H groups in total. The minimum Gasteiger partial charge on any atom is -0.384 e. The zero-order chi connectivity index (χ0) is 13.3. The van der Waals surface area contributed by atoms with E-state index < -0.39 is 0 Å². The van der Waals surface area contributed by atoms with Crippen molar-refractivity contribution in [1.82, 2.24) is 10.2 Å². The fraction of sp³-hybridized carbons (Fsp3) is 0.929. The van der Waals surface area contributed by atoms with Crippen LogP contribution >= 0.6 is 0 Å². The van der Waals surface area contributed by atoms with Gasteiger partial charge in [-0.15, -0.1) is 0 Å². The van der Waals surface area contributed by atoms with E-state index in [-0.39, 0.29) is 11.7 Å². The summed E-state index contributed by atoms with van der Waals surface area (Å²) in [6.07, 6.45) is 3.28. The first kappa shape index (κ1) is 13.8. The third-order valence-corrected chi connectivity index (χ3v) is 3.89. The van der Waals surface area contributed by atoms with Gasteiger partial charge in [0, 0.05) is 13.7 Å². The van der Waals surface area contributed by atoms with Crippen LogP contribution in [0.2, 0.25) is 0 Å². The number of methoxy groups -OCH3 is 1. The number of hydrogen-bond acceptors (Lipinski definition) is 3. The molecule has 1 amide bonds. The molecule has 2 unspecified atom stereocenters. The molecule has 1 saturated heterocycles. The molecule has 1 spiro atoms. The summed E-state index contributed by atoms with van der Waals surface area (Å²) >= 11 is 0. The van der Waals surface area contributed by atoms with Gasteiger partial charge < -0.3 is 9.64 Å². The van der Waals surface area contributed by atoms with E-state index in [0.717, 1.165) is 25.8 Å². The highest BCUT2D eigenvalue weighted by Crippen LogP contribution is 2.43. The first-order valence-corrected chi connectivity index (χ1v) is 7.06. The van der Waals surface area contributed by atoms with E-state index in [2.05, 4.69) is 31.0 Å². The molecule has 4 nitrogen and oxygen atoms in total. The molecule has 0 aromatic heterocycles. The summed E-state index contributed by atoms with van der Waals surface area (Å²) in [5, 5.41) is 3.56. The van der Waals surface area contributed by atoms with Crippen LogP contribution in [0.3, 0.4) is 0 Å². The molecule has 0 aromatic rings. The third-order valence-electron chi connectivity index (χ3n) is 3.89. The van der Waals surface area contributed by atoms with Crippen LogP contribution in [0.15, 0.2) is 0 Å². The quantitative estimate of drug-likeness (QED) is 0.783. The number of carbonyl (C=O) groups is 1. The van der Waals surface area contributed by atoms with Crippen molar-refractivity contribution in [3.05, 3.63) is 0 Å². The SMILES string of the molecule is COCC(C)CN1C(=O)C2(CC2)NC1CC(C)C. The number of nitrogens with one attached hydrogen (secondary N) is 1. The molecule has 18 heavy (non-hydrogen) atoms. The lowest BCUT2D eigenvalue weighted by Crippen LogP contribution is -2.41. The van der Waals surface area contributed by atoms with Crippen LogP contribution < -0.4 is 5.32 Å². The maximum Gasteiger partial charge on any atom is 0.244 e. The Balaban J connectivity index is 2.01. The average Bonchev–Trinajstić information content (AvgIpc) is 3.00. The van der Waals surface area contributed by atoms with Gasteiger partial charge >= 0.3 is 0 Å². The van der Waals surface area contributed by atoms with Gasteiger partial charge in [0.25, 0.3) is 0 Å². The minimum atomic E-state index is -0.188. The Morgan fingerprint density at radius 3 is 2.61 bits per heavy atom. The molecule has 4 heteroatoms. The highest BCUT2D eigenvalue weighted by atomic mass is 16.5. The van der Waals surface area contributed by atoms with Crippen molar-refractivity contribution in [2.45, 2.75) is 51.7 Å². The standard InChI is InChI=1S/C14H26N2O2/c1-10(2)7-12-15-14(5-6-14)13(17)16(12)8-11(3)9-18-4/h10-12,15H,5-9H2,1-4H3. The molecule has 104 valence electrons. The molecule has 0 bridgehead atoms. The van der Waals surface area contributed by atoms with Crippen LogP contribution in [0, 0.1) is 11.8 Å². The van der Waals surface area contributed by atoms with Crippen LogP contribution in [-0.4, -0.2) is 42.8 Å². The Morgan fingerprint density at radius 1 is 1.44 bits per heavy atom. The maximum atomic E-state index is 12.4. The number of rotatable bonds is 6. The zero-order valence-corrected chi connectivity index (χ0v) is 12.0. The Morgan fingerprint density at radius 2 is 2.11 bits per heavy atom. The van der Waals surface area contributed by atoms with E-state index in [1.807, 2.05) is 0 Å². The second-order valence-electron chi connectivity index (χ2n) is 6.39. The van der Waals surface area contributed by atoms with Gasteiger partial charge in [0.15, 0.2) is 0 Å². The highest BCUT2D eigenvalue weighted by Gasteiger charge is 2.58. The molecular formula is C14H26N2O2. The summed E-state index contributed by atoms with van der Waals surface area (Å²) in [4.78, 5) is 14.5. The van der Waals surface area contributed by atoms with Crippen molar-refractivity contribution in [1.29, 1.82) is 0 Å². The lowest BCUT2D eigenvalue weighted by molar-refractivity contribution is -0.131. The van der Waals surface area contributed by atoms with Crippen LogP contribution in [0.5, 0.6) is 0 Å². The Bertz CT molecular complexity index is 313. The second-order valence-corrected chi connectivity index (χ2v) is 6.39. The summed E-state index contributed by atoms with van der Waals surface area (Å²) < 4.78 is 5.17. The Hall–Kier alpha value is -0.610. The second kappa shape index (κ2) is 5.17. The van der Waals surface area contributed by atoms with Crippen molar-refractivity contribution in [2.75, 3.05) is 20.3 Å². The van der Waals surface area contributed by atoms with Gasteiger partial charge in [-0.25, -0.2) is 0 Å². The maximum absolute atomic E-state index is 12.4. The van der Waals surface area contributed by atoms with Crippen molar-refractivity contribution < 1.29 is 9.53 Å². The molecule has 2 fully saturated rings. The number of carbonyl (C=O) groups excluding carboxylic acids is 1. The number of ether oxygens (including phenoxy) is 1. The predicted octanol–water partition coefficient (Wildman–Crippen LogP) is 1.61. The van der Waals surface area contributed by atoms with Crippen molar-refractivity contribution >= 4 is 5.91 Å². The smallest absolute Gasteiger partial charge is 0.244 e. The number of nitrogens with zero attached hydrogens (tertiary/aromatic N) is 1. The van der Waals surface area contributed by atoms with Gasteiger partial charge in [0.05, 0.1) is 18.3 Å². The summed E-state index contributed by atoms with van der Waals surface area (Å²) in [7, 11) is 1.72. The number of hydrogen-bond donors (Lipinski definition) is 1. The molecule has 1 saturated carbocycles. The predicted molar refractivity (Wildman–Crippen MR) is 71.1 cm³/mol. The zero-order valence-electron chi connectivity index (χ0n) is 12.0. The van der Waals surface area contributed by atoms with Crippen LogP contribution in [0.1, 0.15) is 40.0 Å². The first-order chi connectivity index (χ1) is 8.48. The van der Waals surface area contributed by atoms with Crippen LogP contribution in [0.4, 0.5) is 0 Å². The summed E-state index contributed by atoms with van der Waals surface area (Å²) in [5.74, 6) is 1.31. The topological polar surface area (TPSA) is 41.6 Å². The van der Waals surface area contributed by atoms with Gasteiger partial charge in [0.1, 0.15) is 0 Å². The van der Waals surface area contributed by atoms with Gasteiger partial charge in [-0.3, -0.25) is 10.1 Å². The van der Waals surface area contributed by atoms with Gasteiger partial charge in [-0.1, -0.05) is 20.8 Å². The van der Waals surface area contributed by atoms with E-state index in [9.17, 15) is 4.79 Å². The lowest BCUT2D eigenvalue weighted by atomic mass is 10.1. The van der Waals surface area contributed by atoms with E-state index in [0.29, 0.717) is 24.3 Å². The van der Waals surface area contributed by atoms with E-state index in [1.165, 1.54) is 0 Å². The summed E-state index contributed by atoms with van der Waals surface area (Å²) in [5.41, 5.74) is -0.188. The first-order valence-electron chi connectivity index (χ1n) is 7.06. The van der Waals surface area contributed by atoms with Crippen molar-refractivity contribution in [3.63, 3.8) is 0 Å². The molecule has 1 heterocycles. The third kappa shape index (κ3) is 2.69. The highest BCUT2D eigenvalue weighted by molar-refractivity contribution is 5.91. The van der Waals surface area contributed by atoms with E-state index in [1.54, 1.807) is 7.11 Å². The summed E-state index contributed by atoms with van der Waals surface area (Å²) in [6, 6.07) is 0. The monoisotopic (exact) mass is 254 g/mol. The van der Waals surface area contributed by atoms with Crippen LogP contribution in [0.25, 0.3) is 0 Å². The molecule has 2 atom stereocenters. The van der Waals surface area contributed by atoms with E-state index in [4.69, 9.17) is 4.74 Å². The minimum absolute atomic E-state index is 0.188. The molecule has 2 rings (SSSR count). The number of amides is 1. The fourth-order valence-electron chi connectivity index (χ4n) is 2.87. The molecule has 1 aliphatic heterocycles. The largest absolute Gasteiger partial charge is 0.384 e. The molecule has 1 aliphatic carbocycles. The Labute approximate surface area is 110 Å². The van der Waals surface area contributed by atoms with Crippen molar-refractivity contribution in [3.8, 4) is 0 Å². The normalized spacial score (nSPS) is 27.3. The molecule has 2 aliphatic rings. The van der Waals surface area contributed by atoms with Crippen molar-refractivity contribution in [2.24, 2.45) is 11.8 Å². The van der Waals surface area contributed by atoms with Gasteiger partial charge in [-0.2, -0.15) is 0 Å². The van der Waals surface area contributed by atoms with Gasteiger partial charge in [-0.05, 0) is 31.1 Å². The summed E-state index contributed by atoms with van der Waals surface area (Å²) in [6.45, 7) is 8.08. The molecule has 0 radical (unpaired) electrons. The Kier molecular flexibility index (Phi) is 3.97. The van der Waals surface area contributed by atoms with E-state index >= 15 is 0 Å². The lowest BCUT2D eigenvalue weighted by Gasteiger charge is -2.28.